The molecular formula is C15H9N3O3. The van der Waals surface area contributed by atoms with Gasteiger partial charge in [0.05, 0.1) is 24.3 Å². The van der Waals surface area contributed by atoms with Gasteiger partial charge in [0.2, 0.25) is 5.88 Å². The molecule has 4 rings (SSSR count). The first-order valence-corrected chi connectivity index (χ1v) is 6.24. The van der Waals surface area contributed by atoms with Crippen molar-refractivity contribution in [2.75, 3.05) is 0 Å². The fourth-order valence-electron chi connectivity index (χ4n) is 2.33. The fourth-order valence-corrected chi connectivity index (χ4v) is 2.33. The molecule has 102 valence electrons. The third-order valence-electron chi connectivity index (χ3n) is 3.20. The van der Waals surface area contributed by atoms with E-state index in [1.54, 1.807) is 41.9 Å². The summed E-state index contributed by atoms with van der Waals surface area (Å²) in [6, 6.07) is 9.33. The zero-order valence-corrected chi connectivity index (χ0v) is 10.7. The molecule has 0 saturated carbocycles. The van der Waals surface area contributed by atoms with Gasteiger partial charge >= 0.3 is 0 Å². The number of fused-ring (bicyclic) bond motifs is 1. The molecule has 0 spiro atoms. The van der Waals surface area contributed by atoms with Crippen molar-refractivity contribution in [3.05, 3.63) is 72.2 Å². The van der Waals surface area contributed by atoms with E-state index >= 15 is 0 Å². The zero-order chi connectivity index (χ0) is 14.2. The van der Waals surface area contributed by atoms with Crippen molar-refractivity contribution in [2.24, 2.45) is 0 Å². The molecule has 0 radical (unpaired) electrons. The van der Waals surface area contributed by atoms with E-state index in [0.717, 1.165) is 0 Å². The van der Waals surface area contributed by atoms with Gasteiger partial charge in [-0.3, -0.25) is 5.43 Å². The van der Waals surface area contributed by atoms with E-state index in [-0.39, 0.29) is 0 Å². The Morgan fingerprint density at radius 3 is 2.52 bits per heavy atom. The normalized spacial score (nSPS) is 16.6. The van der Waals surface area contributed by atoms with E-state index in [2.05, 4.69) is 11.5 Å². The van der Waals surface area contributed by atoms with Crippen LogP contribution in [0.2, 0.25) is 0 Å². The Balaban J connectivity index is 1.99. The second-order valence-corrected chi connectivity index (χ2v) is 4.38. The molecule has 0 amide bonds. The van der Waals surface area contributed by atoms with E-state index in [1.165, 1.54) is 6.26 Å². The van der Waals surface area contributed by atoms with Gasteiger partial charge in [-0.1, -0.05) is 0 Å². The largest absolute Gasteiger partial charge is 0.464 e. The quantitative estimate of drug-likeness (QED) is 0.911. The molecule has 2 aliphatic heterocycles. The summed E-state index contributed by atoms with van der Waals surface area (Å²) in [6.45, 7) is 0. The van der Waals surface area contributed by atoms with Gasteiger partial charge in [-0.15, -0.1) is 0 Å². The third-order valence-corrected chi connectivity index (χ3v) is 3.20. The van der Waals surface area contributed by atoms with Crippen LogP contribution in [-0.2, 0) is 4.74 Å². The molecule has 6 heteroatoms. The fraction of sp³-hybridized carbons (Fsp3) is 0. The van der Waals surface area contributed by atoms with E-state index in [1.807, 2.05) is 6.07 Å². The van der Waals surface area contributed by atoms with Gasteiger partial charge in [0.15, 0.2) is 5.76 Å². The summed E-state index contributed by atoms with van der Waals surface area (Å²) in [4.78, 5) is 0. The molecule has 4 heterocycles. The van der Waals surface area contributed by atoms with Crippen LogP contribution in [0.4, 0.5) is 0 Å². The van der Waals surface area contributed by atoms with Crippen LogP contribution in [-0.4, -0.2) is 5.01 Å². The van der Waals surface area contributed by atoms with Crippen molar-refractivity contribution in [1.82, 2.24) is 10.4 Å². The van der Waals surface area contributed by atoms with Crippen molar-refractivity contribution in [2.45, 2.75) is 0 Å². The molecule has 0 unspecified atom stereocenters. The van der Waals surface area contributed by atoms with Crippen LogP contribution in [0, 0.1) is 11.3 Å². The lowest BCUT2D eigenvalue weighted by atomic mass is 10.00. The van der Waals surface area contributed by atoms with Crippen molar-refractivity contribution in [3.63, 3.8) is 0 Å². The average molecular weight is 279 g/mol. The molecule has 1 N–H and O–H groups in total. The van der Waals surface area contributed by atoms with Gasteiger partial charge in [0.25, 0.3) is 0 Å². The van der Waals surface area contributed by atoms with Crippen LogP contribution in [0.25, 0.3) is 11.3 Å². The maximum absolute atomic E-state index is 9.55. The number of nitrogens with zero attached hydrogens (tertiary/aromatic N) is 2. The highest BCUT2D eigenvalue weighted by Gasteiger charge is 2.33. The summed E-state index contributed by atoms with van der Waals surface area (Å²) < 4.78 is 16.3. The van der Waals surface area contributed by atoms with Gasteiger partial charge in [0, 0.05) is 0 Å². The smallest absolute Gasteiger partial charge is 0.236 e. The number of hydrogen-bond donors (Lipinski definition) is 1. The second kappa shape index (κ2) is 4.35. The van der Waals surface area contributed by atoms with E-state index in [0.29, 0.717) is 34.2 Å². The Morgan fingerprint density at radius 2 is 1.86 bits per heavy atom. The summed E-state index contributed by atoms with van der Waals surface area (Å²) in [5, 5.41) is 11.2. The molecule has 0 aliphatic carbocycles. The van der Waals surface area contributed by atoms with Gasteiger partial charge in [0.1, 0.15) is 29.4 Å². The maximum atomic E-state index is 9.55. The third kappa shape index (κ3) is 1.65. The number of hydrogen-bond acceptors (Lipinski definition) is 6. The Hall–Kier alpha value is -3.33. The SMILES string of the molecule is N#CC1=C2OC=CN2NC(c2ccco2)=C1c1ccco1. The first-order chi connectivity index (χ1) is 10.4. The highest BCUT2D eigenvalue weighted by Crippen LogP contribution is 2.38. The van der Waals surface area contributed by atoms with E-state index in [9.17, 15) is 5.26 Å². The number of allylic oxidation sites excluding steroid dienone is 2. The lowest BCUT2D eigenvalue weighted by molar-refractivity contribution is 0.243. The van der Waals surface area contributed by atoms with Crippen LogP contribution < -0.4 is 5.43 Å². The van der Waals surface area contributed by atoms with Gasteiger partial charge in [-0.25, -0.2) is 5.01 Å². The number of nitriles is 1. The van der Waals surface area contributed by atoms with Crippen molar-refractivity contribution in [3.8, 4) is 6.07 Å². The van der Waals surface area contributed by atoms with Gasteiger partial charge in [-0.2, -0.15) is 5.26 Å². The molecule has 2 aliphatic rings. The molecule has 0 saturated heterocycles. The molecule has 0 fully saturated rings. The number of furan rings is 2. The van der Waals surface area contributed by atoms with Gasteiger partial charge in [-0.05, 0) is 24.3 Å². The molecule has 2 aromatic rings. The predicted molar refractivity (Wildman–Crippen MR) is 72.1 cm³/mol. The number of ether oxygens (including phenoxy) is 1. The van der Waals surface area contributed by atoms with E-state index in [4.69, 9.17) is 13.6 Å². The Morgan fingerprint density at radius 1 is 1.10 bits per heavy atom. The molecular weight excluding hydrogens is 270 g/mol. The summed E-state index contributed by atoms with van der Waals surface area (Å²) in [5.74, 6) is 1.58. The minimum atomic E-state index is 0.375. The summed E-state index contributed by atoms with van der Waals surface area (Å²) in [7, 11) is 0. The van der Waals surface area contributed by atoms with Crippen LogP contribution in [0.15, 0.2) is 69.5 Å². The molecule has 0 aromatic carbocycles. The average Bonchev–Trinajstić information content (AvgIpc) is 3.24. The van der Waals surface area contributed by atoms with Gasteiger partial charge < -0.3 is 13.6 Å². The highest BCUT2D eigenvalue weighted by atomic mass is 16.5. The van der Waals surface area contributed by atoms with Crippen LogP contribution in [0.5, 0.6) is 0 Å². The Kier molecular flexibility index (Phi) is 2.38. The van der Waals surface area contributed by atoms with Crippen LogP contribution in [0.3, 0.4) is 0 Å². The lowest BCUT2D eigenvalue weighted by Gasteiger charge is -2.27. The Bertz CT molecular complexity index is 805. The first kappa shape index (κ1) is 11.5. The zero-order valence-electron chi connectivity index (χ0n) is 10.7. The summed E-state index contributed by atoms with van der Waals surface area (Å²) in [5.41, 5.74) is 4.78. The monoisotopic (exact) mass is 279 g/mol. The minimum Gasteiger partial charge on any atom is -0.464 e. The van der Waals surface area contributed by atoms with E-state index < -0.39 is 0 Å². The summed E-state index contributed by atoms with van der Waals surface area (Å²) >= 11 is 0. The first-order valence-electron chi connectivity index (χ1n) is 6.24. The number of rotatable bonds is 2. The number of nitrogens with one attached hydrogen (secondary N) is 1. The summed E-state index contributed by atoms with van der Waals surface area (Å²) in [6.07, 6.45) is 6.33. The van der Waals surface area contributed by atoms with Crippen molar-refractivity contribution < 1.29 is 13.6 Å². The number of hydrazine groups is 1. The van der Waals surface area contributed by atoms with Crippen molar-refractivity contribution >= 4 is 11.3 Å². The standard InChI is InChI=1S/C15H9N3O3/c16-9-10-13(11-3-1-6-19-11)14(12-4-2-7-20-12)17-18-5-8-21-15(10)18/h1-8,17H. The minimum absolute atomic E-state index is 0.375. The molecule has 0 bridgehead atoms. The molecule has 2 aromatic heterocycles. The molecule has 21 heavy (non-hydrogen) atoms. The van der Waals surface area contributed by atoms with Crippen LogP contribution in [0.1, 0.15) is 11.5 Å². The molecule has 0 atom stereocenters. The molecule has 6 nitrogen and oxygen atoms in total. The van der Waals surface area contributed by atoms with Crippen LogP contribution >= 0.6 is 0 Å². The Labute approximate surface area is 119 Å². The second-order valence-electron chi connectivity index (χ2n) is 4.38. The van der Waals surface area contributed by atoms with Crippen molar-refractivity contribution in [1.29, 1.82) is 5.26 Å². The highest BCUT2D eigenvalue weighted by molar-refractivity contribution is 5.98. The predicted octanol–water partition coefficient (Wildman–Crippen LogP) is 2.80. The lowest BCUT2D eigenvalue weighted by Crippen LogP contribution is -2.34. The topological polar surface area (TPSA) is 74.6 Å². The maximum Gasteiger partial charge on any atom is 0.236 e.